The number of hydrogen-bond donors (Lipinski definition) is 0. The third-order valence-electron chi connectivity index (χ3n) is 4.62. The van der Waals surface area contributed by atoms with Crippen LogP contribution in [0.15, 0.2) is 47.5 Å². The summed E-state index contributed by atoms with van der Waals surface area (Å²) >= 11 is 0. The van der Waals surface area contributed by atoms with Gasteiger partial charge in [0.05, 0.1) is 17.2 Å². The molecule has 5 nitrogen and oxygen atoms in total. The fraction of sp³-hybridized carbons (Fsp3) is 0.318. The van der Waals surface area contributed by atoms with Crippen molar-refractivity contribution >= 4 is 16.9 Å². The monoisotopic (exact) mass is 364 g/mol. The average Bonchev–Trinajstić information content (AvgIpc) is 2.59. The molecule has 5 heteroatoms. The van der Waals surface area contributed by atoms with E-state index in [-0.39, 0.29) is 17.5 Å². The van der Waals surface area contributed by atoms with Gasteiger partial charge in [-0.15, -0.1) is 0 Å². The molecule has 2 aromatic carbocycles. The maximum Gasteiger partial charge on any atom is 0.331 e. The molecule has 0 saturated carbocycles. The third kappa shape index (κ3) is 3.92. The Morgan fingerprint density at radius 2 is 1.85 bits per heavy atom. The zero-order valence-electron chi connectivity index (χ0n) is 16.4. The van der Waals surface area contributed by atoms with Gasteiger partial charge in [-0.1, -0.05) is 45.0 Å². The molecule has 0 atom stereocenters. The molecule has 3 rings (SSSR count). The molecule has 1 aromatic heterocycles. The number of aryl methyl sites for hydroxylation is 2. The lowest BCUT2D eigenvalue weighted by Gasteiger charge is -2.20. The Labute approximate surface area is 158 Å². The highest BCUT2D eigenvalue weighted by Gasteiger charge is 2.16. The van der Waals surface area contributed by atoms with Gasteiger partial charge in [-0.2, -0.15) is 0 Å². The molecule has 140 valence electrons. The van der Waals surface area contributed by atoms with E-state index in [2.05, 4.69) is 25.8 Å². The second-order valence-corrected chi connectivity index (χ2v) is 7.85. The number of para-hydroxylation sites is 1. The van der Waals surface area contributed by atoms with Crippen LogP contribution < -0.4 is 10.3 Å². The number of ether oxygens (including phenoxy) is 1. The molecule has 0 amide bonds. The number of carbonyl (C=O) groups is 1. The van der Waals surface area contributed by atoms with Crippen LogP contribution in [0.25, 0.3) is 10.9 Å². The van der Waals surface area contributed by atoms with E-state index in [1.807, 2.05) is 38.1 Å². The van der Waals surface area contributed by atoms with Crippen molar-refractivity contribution in [2.24, 2.45) is 0 Å². The van der Waals surface area contributed by atoms with Crippen LogP contribution in [0.1, 0.15) is 37.5 Å². The third-order valence-corrected chi connectivity index (χ3v) is 4.62. The highest BCUT2D eigenvalue weighted by Crippen LogP contribution is 2.27. The summed E-state index contributed by atoms with van der Waals surface area (Å²) in [5.74, 6) is 0.00292. The van der Waals surface area contributed by atoms with Crippen LogP contribution in [0.2, 0.25) is 0 Å². The number of rotatable bonds is 3. The molecule has 0 saturated heterocycles. The van der Waals surface area contributed by atoms with Crippen molar-refractivity contribution in [1.29, 1.82) is 0 Å². The van der Waals surface area contributed by atoms with Crippen LogP contribution in [-0.2, 0) is 16.8 Å². The normalized spacial score (nSPS) is 11.6. The molecule has 1 heterocycles. The van der Waals surface area contributed by atoms with E-state index in [4.69, 9.17) is 4.74 Å². The minimum atomic E-state index is -0.502. The molecule has 27 heavy (non-hydrogen) atoms. The van der Waals surface area contributed by atoms with E-state index in [9.17, 15) is 9.59 Å². The van der Waals surface area contributed by atoms with Crippen molar-refractivity contribution in [1.82, 2.24) is 9.55 Å². The van der Waals surface area contributed by atoms with Crippen molar-refractivity contribution in [3.05, 3.63) is 69.8 Å². The Morgan fingerprint density at radius 1 is 1.11 bits per heavy atom. The summed E-state index contributed by atoms with van der Waals surface area (Å²) in [4.78, 5) is 29.3. The van der Waals surface area contributed by atoms with Crippen molar-refractivity contribution in [3.63, 3.8) is 0 Å². The lowest BCUT2D eigenvalue weighted by Crippen LogP contribution is -2.27. The van der Waals surface area contributed by atoms with E-state index < -0.39 is 5.97 Å². The van der Waals surface area contributed by atoms with E-state index >= 15 is 0 Å². The number of fused-ring (bicyclic) bond motifs is 1. The Balaban J connectivity index is 1.82. The van der Waals surface area contributed by atoms with Crippen molar-refractivity contribution in [2.45, 2.75) is 46.6 Å². The number of esters is 1. The zero-order chi connectivity index (χ0) is 19.8. The summed E-state index contributed by atoms with van der Waals surface area (Å²) in [5, 5.41) is 0.496. The Hall–Kier alpha value is -2.95. The highest BCUT2D eigenvalue weighted by molar-refractivity contribution is 5.81. The second-order valence-electron chi connectivity index (χ2n) is 7.85. The molecule has 0 aliphatic rings. The molecule has 0 bridgehead atoms. The van der Waals surface area contributed by atoms with Crippen LogP contribution in [-0.4, -0.2) is 15.5 Å². The van der Waals surface area contributed by atoms with E-state index in [0.717, 1.165) is 11.1 Å². The SMILES string of the molecule is Cc1cc(C(C)(C)C)ccc1OC(=O)Cn1cnc2c(C)cccc2c1=O. The Bertz CT molecular complexity index is 1080. The predicted octanol–water partition coefficient (Wildman–Crippen LogP) is 3.92. The van der Waals surface area contributed by atoms with Crippen LogP contribution in [0, 0.1) is 13.8 Å². The van der Waals surface area contributed by atoms with Crippen molar-refractivity contribution in [3.8, 4) is 5.75 Å². The number of nitrogens with zero attached hydrogens (tertiary/aromatic N) is 2. The molecule has 0 fully saturated rings. The van der Waals surface area contributed by atoms with Crippen LogP contribution in [0.4, 0.5) is 0 Å². The maximum atomic E-state index is 12.6. The summed E-state index contributed by atoms with van der Waals surface area (Å²) in [5.41, 5.74) is 3.41. The van der Waals surface area contributed by atoms with Gasteiger partial charge in [0.1, 0.15) is 12.3 Å². The van der Waals surface area contributed by atoms with Gasteiger partial charge in [-0.05, 0) is 48.1 Å². The number of aromatic nitrogens is 2. The summed E-state index contributed by atoms with van der Waals surface area (Å²) in [6.45, 7) is 10.0. The molecule has 0 spiro atoms. The van der Waals surface area contributed by atoms with Gasteiger partial charge in [0, 0.05) is 0 Å². The first-order valence-electron chi connectivity index (χ1n) is 8.93. The highest BCUT2D eigenvalue weighted by atomic mass is 16.5. The van der Waals surface area contributed by atoms with Gasteiger partial charge in [0.25, 0.3) is 5.56 Å². The molecular weight excluding hydrogens is 340 g/mol. The second kappa shape index (κ2) is 6.99. The van der Waals surface area contributed by atoms with Gasteiger partial charge in [-0.3, -0.25) is 9.36 Å². The summed E-state index contributed by atoms with van der Waals surface area (Å²) < 4.78 is 6.76. The van der Waals surface area contributed by atoms with Crippen molar-refractivity contribution in [2.75, 3.05) is 0 Å². The summed E-state index contributed by atoms with van der Waals surface area (Å²) in [7, 11) is 0. The lowest BCUT2D eigenvalue weighted by molar-refractivity contribution is -0.135. The quantitative estimate of drug-likeness (QED) is 0.522. The number of carbonyl (C=O) groups excluding carboxylic acids is 1. The van der Waals surface area contributed by atoms with E-state index in [1.54, 1.807) is 12.1 Å². The largest absolute Gasteiger partial charge is 0.425 e. The Kier molecular flexibility index (Phi) is 4.87. The van der Waals surface area contributed by atoms with E-state index in [0.29, 0.717) is 16.7 Å². The predicted molar refractivity (Wildman–Crippen MR) is 106 cm³/mol. The molecule has 0 N–H and O–H groups in total. The van der Waals surface area contributed by atoms with Gasteiger partial charge >= 0.3 is 5.97 Å². The zero-order valence-corrected chi connectivity index (χ0v) is 16.4. The summed E-state index contributed by atoms with van der Waals surface area (Å²) in [6, 6.07) is 11.2. The topological polar surface area (TPSA) is 61.2 Å². The van der Waals surface area contributed by atoms with Crippen LogP contribution >= 0.6 is 0 Å². The maximum absolute atomic E-state index is 12.6. The fourth-order valence-electron chi connectivity index (χ4n) is 2.97. The van der Waals surface area contributed by atoms with Crippen LogP contribution in [0.3, 0.4) is 0 Å². The van der Waals surface area contributed by atoms with Gasteiger partial charge in [-0.25, -0.2) is 9.78 Å². The molecular formula is C22H24N2O3. The number of benzene rings is 2. The molecule has 0 aliphatic carbocycles. The first-order chi connectivity index (χ1) is 12.7. The van der Waals surface area contributed by atoms with Crippen molar-refractivity contribution < 1.29 is 9.53 Å². The van der Waals surface area contributed by atoms with E-state index in [1.165, 1.54) is 16.5 Å². The minimum absolute atomic E-state index is 0.0233. The molecule has 3 aromatic rings. The fourth-order valence-corrected chi connectivity index (χ4v) is 2.97. The molecule has 0 unspecified atom stereocenters. The lowest BCUT2D eigenvalue weighted by atomic mass is 9.86. The average molecular weight is 364 g/mol. The standard InChI is InChI=1S/C22H24N2O3/c1-14-7-6-8-17-20(14)23-13-24(21(17)26)12-19(25)27-18-10-9-16(11-15(18)2)22(3,4)5/h6-11,13H,12H2,1-5H3. The molecule has 0 radical (unpaired) electrons. The van der Waals surface area contributed by atoms with Gasteiger partial charge in [0.2, 0.25) is 0 Å². The first-order valence-corrected chi connectivity index (χ1v) is 8.93. The summed E-state index contributed by atoms with van der Waals surface area (Å²) in [6.07, 6.45) is 1.40. The van der Waals surface area contributed by atoms with Gasteiger partial charge < -0.3 is 4.74 Å². The molecule has 0 aliphatic heterocycles. The first kappa shape index (κ1) is 18.8. The van der Waals surface area contributed by atoms with Crippen LogP contribution in [0.5, 0.6) is 5.75 Å². The Morgan fingerprint density at radius 3 is 2.52 bits per heavy atom. The smallest absolute Gasteiger partial charge is 0.331 e. The minimum Gasteiger partial charge on any atom is -0.425 e. The van der Waals surface area contributed by atoms with Gasteiger partial charge in [0.15, 0.2) is 0 Å². The number of hydrogen-bond acceptors (Lipinski definition) is 4.